The minimum atomic E-state index is -0.992. The lowest BCUT2D eigenvalue weighted by Gasteiger charge is -2.03. The van der Waals surface area contributed by atoms with Crippen LogP contribution in [0.2, 0.25) is 0 Å². The Labute approximate surface area is 98.4 Å². The molecule has 1 aromatic rings. The molecule has 0 unspecified atom stereocenters. The van der Waals surface area contributed by atoms with Crippen molar-refractivity contribution in [2.75, 3.05) is 5.32 Å². The Kier molecular flexibility index (Phi) is 4.39. The molecular formula is C12H13NO4. The summed E-state index contributed by atoms with van der Waals surface area (Å²) in [5.41, 5.74) is 1.05. The average Bonchev–Trinajstić information content (AvgIpc) is 2.26. The molecule has 90 valence electrons. The fourth-order valence-corrected chi connectivity index (χ4v) is 1.31. The first-order valence-electron chi connectivity index (χ1n) is 5.11. The van der Waals surface area contributed by atoms with Gasteiger partial charge in [0.05, 0.1) is 6.42 Å². The zero-order valence-corrected chi connectivity index (χ0v) is 9.40. The molecule has 0 aliphatic heterocycles. The second-order valence-corrected chi connectivity index (χ2v) is 3.58. The molecule has 0 aliphatic carbocycles. The largest absolute Gasteiger partial charge is 0.481 e. The van der Waals surface area contributed by atoms with E-state index in [0.717, 1.165) is 0 Å². The van der Waals surface area contributed by atoms with Crippen LogP contribution in [0.15, 0.2) is 24.3 Å². The van der Waals surface area contributed by atoms with E-state index in [9.17, 15) is 14.4 Å². The number of Topliss-reactive ketones (excluding diaryl/α,β-unsaturated/α-hetero) is 1. The summed E-state index contributed by atoms with van der Waals surface area (Å²) in [4.78, 5) is 32.6. The van der Waals surface area contributed by atoms with Crippen LogP contribution in [0.3, 0.4) is 0 Å². The van der Waals surface area contributed by atoms with Gasteiger partial charge in [-0.2, -0.15) is 0 Å². The topological polar surface area (TPSA) is 83.5 Å². The molecule has 0 radical (unpaired) electrons. The summed E-state index contributed by atoms with van der Waals surface area (Å²) >= 11 is 0. The molecule has 1 aromatic carbocycles. The first kappa shape index (κ1) is 12.9. The summed E-state index contributed by atoms with van der Waals surface area (Å²) in [6.07, 6.45) is -0.193. The van der Waals surface area contributed by atoms with Gasteiger partial charge < -0.3 is 10.4 Å². The molecule has 17 heavy (non-hydrogen) atoms. The maximum atomic E-state index is 11.5. The number of carboxylic acids is 1. The summed E-state index contributed by atoms with van der Waals surface area (Å²) < 4.78 is 0. The Hall–Kier alpha value is -2.17. The number of anilines is 1. The van der Waals surface area contributed by atoms with Gasteiger partial charge in [-0.05, 0) is 24.3 Å². The predicted octanol–water partition coefficient (Wildman–Crippen LogP) is 1.69. The fourth-order valence-electron chi connectivity index (χ4n) is 1.31. The lowest BCUT2D eigenvalue weighted by atomic mass is 10.1. The predicted molar refractivity (Wildman–Crippen MR) is 61.9 cm³/mol. The molecule has 5 heteroatoms. The molecule has 0 bridgehead atoms. The van der Waals surface area contributed by atoms with Gasteiger partial charge in [0.2, 0.25) is 5.91 Å². The van der Waals surface area contributed by atoms with E-state index < -0.39 is 5.97 Å². The standard InChI is InChI=1S/C12H13NO4/c1-8(14)13-10-4-2-9(3-5-10)11(15)6-7-12(16)17/h2-5H,6-7H2,1H3,(H,13,14)(H,16,17). The SMILES string of the molecule is CC(=O)Nc1ccc(C(=O)CCC(=O)O)cc1. The highest BCUT2D eigenvalue weighted by Crippen LogP contribution is 2.11. The van der Waals surface area contributed by atoms with Crippen molar-refractivity contribution < 1.29 is 19.5 Å². The van der Waals surface area contributed by atoms with Gasteiger partial charge in [-0.15, -0.1) is 0 Å². The van der Waals surface area contributed by atoms with Crippen LogP contribution in [0.5, 0.6) is 0 Å². The minimum Gasteiger partial charge on any atom is -0.481 e. The quantitative estimate of drug-likeness (QED) is 0.761. The van der Waals surface area contributed by atoms with Crippen LogP contribution in [-0.2, 0) is 9.59 Å². The van der Waals surface area contributed by atoms with Crippen LogP contribution >= 0.6 is 0 Å². The van der Waals surface area contributed by atoms with Crippen LogP contribution < -0.4 is 5.32 Å². The molecule has 0 atom stereocenters. The molecule has 0 saturated carbocycles. The van der Waals surface area contributed by atoms with Crippen molar-refractivity contribution in [2.45, 2.75) is 19.8 Å². The zero-order valence-electron chi connectivity index (χ0n) is 9.40. The van der Waals surface area contributed by atoms with Gasteiger partial charge in [0.25, 0.3) is 0 Å². The number of amides is 1. The van der Waals surface area contributed by atoms with Crippen LogP contribution in [0.1, 0.15) is 30.1 Å². The molecular weight excluding hydrogens is 222 g/mol. The van der Waals surface area contributed by atoms with E-state index in [-0.39, 0.29) is 24.5 Å². The number of carboxylic acid groups (broad SMARTS) is 1. The van der Waals surface area contributed by atoms with E-state index in [0.29, 0.717) is 11.3 Å². The van der Waals surface area contributed by atoms with Crippen molar-refractivity contribution >= 4 is 23.3 Å². The van der Waals surface area contributed by atoms with Gasteiger partial charge in [0, 0.05) is 24.6 Å². The number of ketones is 1. The minimum absolute atomic E-state index is 0.0190. The number of nitrogens with one attached hydrogen (secondary N) is 1. The maximum Gasteiger partial charge on any atom is 0.303 e. The highest BCUT2D eigenvalue weighted by molar-refractivity contribution is 5.98. The smallest absolute Gasteiger partial charge is 0.303 e. The average molecular weight is 235 g/mol. The first-order chi connectivity index (χ1) is 7.99. The Morgan fingerprint density at radius 1 is 1.12 bits per heavy atom. The number of carbonyl (C=O) groups is 3. The van der Waals surface area contributed by atoms with E-state index in [1.807, 2.05) is 0 Å². The van der Waals surface area contributed by atoms with E-state index in [1.165, 1.54) is 6.92 Å². The monoisotopic (exact) mass is 235 g/mol. The van der Waals surface area contributed by atoms with Crippen LogP contribution in [0, 0.1) is 0 Å². The Morgan fingerprint density at radius 3 is 2.18 bits per heavy atom. The van der Waals surface area contributed by atoms with Crippen molar-refractivity contribution in [3.63, 3.8) is 0 Å². The van der Waals surface area contributed by atoms with E-state index in [1.54, 1.807) is 24.3 Å². The number of carbonyl (C=O) groups excluding carboxylic acids is 2. The number of benzene rings is 1. The van der Waals surface area contributed by atoms with Crippen LogP contribution in [0.25, 0.3) is 0 Å². The number of aliphatic carboxylic acids is 1. The summed E-state index contributed by atoms with van der Waals surface area (Å²) in [6.45, 7) is 1.39. The normalized spacial score (nSPS) is 9.71. The highest BCUT2D eigenvalue weighted by atomic mass is 16.4. The first-order valence-corrected chi connectivity index (χ1v) is 5.11. The third-order valence-corrected chi connectivity index (χ3v) is 2.09. The van der Waals surface area contributed by atoms with Gasteiger partial charge in [-0.1, -0.05) is 0 Å². The van der Waals surface area contributed by atoms with Crippen molar-refractivity contribution in [2.24, 2.45) is 0 Å². The Bertz CT molecular complexity index is 436. The fraction of sp³-hybridized carbons (Fsp3) is 0.250. The summed E-state index contributed by atoms with van der Waals surface area (Å²) in [5.74, 6) is -1.40. The third-order valence-electron chi connectivity index (χ3n) is 2.09. The molecule has 0 aromatic heterocycles. The van der Waals surface area contributed by atoms with Gasteiger partial charge in [-0.25, -0.2) is 0 Å². The summed E-state index contributed by atoms with van der Waals surface area (Å²) in [6, 6.07) is 6.34. The van der Waals surface area contributed by atoms with Gasteiger partial charge in [0.15, 0.2) is 5.78 Å². The molecule has 2 N–H and O–H groups in total. The van der Waals surface area contributed by atoms with E-state index in [4.69, 9.17) is 5.11 Å². The van der Waals surface area contributed by atoms with Gasteiger partial charge in [0.1, 0.15) is 0 Å². The molecule has 1 amide bonds. The highest BCUT2D eigenvalue weighted by Gasteiger charge is 2.08. The van der Waals surface area contributed by atoms with Crippen LogP contribution in [0.4, 0.5) is 5.69 Å². The van der Waals surface area contributed by atoms with Crippen molar-refractivity contribution in [3.05, 3.63) is 29.8 Å². The number of hydrogen-bond donors (Lipinski definition) is 2. The Morgan fingerprint density at radius 2 is 1.71 bits per heavy atom. The molecule has 5 nitrogen and oxygen atoms in total. The molecule has 0 spiro atoms. The van der Waals surface area contributed by atoms with Gasteiger partial charge >= 0.3 is 5.97 Å². The zero-order chi connectivity index (χ0) is 12.8. The lowest BCUT2D eigenvalue weighted by Crippen LogP contribution is -2.07. The molecule has 0 saturated heterocycles. The number of rotatable bonds is 5. The van der Waals surface area contributed by atoms with Crippen LogP contribution in [-0.4, -0.2) is 22.8 Å². The second-order valence-electron chi connectivity index (χ2n) is 3.58. The van der Waals surface area contributed by atoms with E-state index >= 15 is 0 Å². The van der Waals surface area contributed by atoms with Crippen molar-refractivity contribution in [1.82, 2.24) is 0 Å². The maximum absolute atomic E-state index is 11.5. The van der Waals surface area contributed by atoms with E-state index in [2.05, 4.69) is 5.32 Å². The third kappa shape index (κ3) is 4.46. The lowest BCUT2D eigenvalue weighted by molar-refractivity contribution is -0.137. The number of hydrogen-bond acceptors (Lipinski definition) is 3. The molecule has 0 aliphatic rings. The Balaban J connectivity index is 2.63. The summed E-state index contributed by atoms with van der Waals surface area (Å²) in [7, 11) is 0. The van der Waals surface area contributed by atoms with Gasteiger partial charge in [-0.3, -0.25) is 14.4 Å². The molecule has 1 rings (SSSR count). The van der Waals surface area contributed by atoms with Crippen molar-refractivity contribution in [1.29, 1.82) is 0 Å². The molecule has 0 fully saturated rings. The molecule has 0 heterocycles. The summed E-state index contributed by atoms with van der Waals surface area (Å²) in [5, 5.41) is 11.0. The second kappa shape index (κ2) is 5.79. The van der Waals surface area contributed by atoms with Crippen molar-refractivity contribution in [3.8, 4) is 0 Å².